The van der Waals surface area contributed by atoms with Crippen LogP contribution < -0.4 is 4.90 Å². The summed E-state index contributed by atoms with van der Waals surface area (Å²) < 4.78 is 0. The van der Waals surface area contributed by atoms with Crippen molar-refractivity contribution in [2.75, 3.05) is 24.0 Å². The first-order chi connectivity index (χ1) is 8.45. The Kier molecular flexibility index (Phi) is 5.75. The molecule has 0 aromatic carbocycles. The summed E-state index contributed by atoms with van der Waals surface area (Å²) in [4.78, 5) is 17.1. The van der Waals surface area contributed by atoms with Crippen molar-refractivity contribution < 1.29 is 9.90 Å². The Labute approximate surface area is 116 Å². The van der Waals surface area contributed by atoms with Gasteiger partial charge in [-0.05, 0) is 37.5 Å². The molecule has 1 atom stereocenters. The minimum atomic E-state index is -0.995. The number of pyridine rings is 1. The number of nitrogens with zero attached hydrogens (tertiary/aromatic N) is 2. The summed E-state index contributed by atoms with van der Waals surface area (Å²) in [5.41, 5.74) is 0.161. The number of carboxylic acids is 1. The fourth-order valence-corrected chi connectivity index (χ4v) is 2.28. The van der Waals surface area contributed by atoms with Crippen molar-refractivity contribution in [3.05, 3.63) is 22.8 Å². The standard InChI is InChI=1S/C12H17ClN2O2S/c1-8(4-5-18-3)15(2)11-7-9(12(16)17)6-10(13)14-11/h6-8H,4-5H2,1-3H3,(H,16,17). The zero-order chi connectivity index (χ0) is 13.7. The quantitative estimate of drug-likeness (QED) is 0.816. The predicted molar refractivity (Wildman–Crippen MR) is 77.1 cm³/mol. The molecule has 1 rings (SSSR count). The van der Waals surface area contributed by atoms with Crippen LogP contribution in [0.2, 0.25) is 5.15 Å². The van der Waals surface area contributed by atoms with Crippen LogP contribution in [0.1, 0.15) is 23.7 Å². The zero-order valence-corrected chi connectivity index (χ0v) is 12.3. The van der Waals surface area contributed by atoms with Gasteiger partial charge in [0.2, 0.25) is 0 Å². The Hall–Kier alpha value is -0.940. The topological polar surface area (TPSA) is 53.4 Å². The van der Waals surface area contributed by atoms with Crippen LogP contribution in [0.25, 0.3) is 0 Å². The van der Waals surface area contributed by atoms with E-state index in [1.807, 2.05) is 11.9 Å². The Morgan fingerprint density at radius 2 is 2.28 bits per heavy atom. The Bertz CT molecular complexity index is 429. The third kappa shape index (κ3) is 4.07. The smallest absolute Gasteiger partial charge is 0.335 e. The number of carboxylic acid groups (broad SMARTS) is 1. The predicted octanol–water partition coefficient (Wildman–Crippen LogP) is 3.01. The number of carbonyl (C=O) groups is 1. The van der Waals surface area contributed by atoms with E-state index in [-0.39, 0.29) is 16.8 Å². The SMILES string of the molecule is CSCCC(C)N(C)c1cc(C(=O)O)cc(Cl)n1. The van der Waals surface area contributed by atoms with Crippen molar-refractivity contribution >= 4 is 35.1 Å². The largest absolute Gasteiger partial charge is 0.478 e. The molecule has 0 amide bonds. The lowest BCUT2D eigenvalue weighted by molar-refractivity contribution is 0.0697. The van der Waals surface area contributed by atoms with Crippen LogP contribution in [-0.4, -0.2) is 41.2 Å². The molecule has 0 saturated heterocycles. The molecule has 0 bridgehead atoms. The van der Waals surface area contributed by atoms with Gasteiger partial charge in [0.25, 0.3) is 0 Å². The molecule has 0 fully saturated rings. The van der Waals surface area contributed by atoms with Crippen LogP contribution in [0.5, 0.6) is 0 Å². The monoisotopic (exact) mass is 288 g/mol. The molecule has 0 aliphatic heterocycles. The molecule has 0 spiro atoms. The van der Waals surface area contributed by atoms with Crippen LogP contribution in [-0.2, 0) is 0 Å². The second-order valence-electron chi connectivity index (χ2n) is 4.08. The Morgan fingerprint density at radius 1 is 1.61 bits per heavy atom. The number of aromatic nitrogens is 1. The third-order valence-electron chi connectivity index (χ3n) is 2.79. The highest BCUT2D eigenvalue weighted by Crippen LogP contribution is 2.20. The maximum absolute atomic E-state index is 11.0. The summed E-state index contributed by atoms with van der Waals surface area (Å²) in [6, 6.07) is 3.18. The summed E-state index contributed by atoms with van der Waals surface area (Å²) in [5, 5.41) is 9.19. The fraction of sp³-hybridized carbons (Fsp3) is 0.500. The van der Waals surface area contributed by atoms with Gasteiger partial charge in [-0.3, -0.25) is 0 Å². The van der Waals surface area contributed by atoms with Gasteiger partial charge in [0.1, 0.15) is 11.0 Å². The molecule has 1 heterocycles. The number of thioether (sulfide) groups is 1. The van der Waals surface area contributed by atoms with Gasteiger partial charge in [-0.15, -0.1) is 0 Å². The van der Waals surface area contributed by atoms with Crippen LogP contribution >= 0.6 is 23.4 Å². The summed E-state index contributed by atoms with van der Waals surface area (Å²) in [7, 11) is 1.90. The van der Waals surface area contributed by atoms with Gasteiger partial charge < -0.3 is 10.0 Å². The average molecular weight is 289 g/mol. The highest BCUT2D eigenvalue weighted by Gasteiger charge is 2.14. The summed E-state index contributed by atoms with van der Waals surface area (Å²) in [5.74, 6) is 0.650. The maximum atomic E-state index is 11.0. The molecule has 4 nitrogen and oxygen atoms in total. The van der Waals surface area contributed by atoms with E-state index >= 15 is 0 Å². The van der Waals surface area contributed by atoms with Crippen molar-refractivity contribution in [3.8, 4) is 0 Å². The van der Waals surface area contributed by atoms with Gasteiger partial charge in [0.15, 0.2) is 0 Å². The highest BCUT2D eigenvalue weighted by atomic mass is 35.5. The number of aromatic carboxylic acids is 1. The first kappa shape index (κ1) is 15.1. The third-order valence-corrected chi connectivity index (χ3v) is 3.63. The fourth-order valence-electron chi connectivity index (χ4n) is 1.50. The normalized spacial score (nSPS) is 12.2. The van der Waals surface area contributed by atoms with Crippen molar-refractivity contribution in [1.82, 2.24) is 4.98 Å². The van der Waals surface area contributed by atoms with Crippen molar-refractivity contribution in [1.29, 1.82) is 0 Å². The van der Waals surface area contributed by atoms with E-state index in [4.69, 9.17) is 16.7 Å². The maximum Gasteiger partial charge on any atom is 0.335 e. The first-order valence-corrected chi connectivity index (χ1v) is 7.35. The number of rotatable bonds is 6. The molecule has 0 aliphatic carbocycles. The molecule has 1 aromatic heterocycles. The van der Waals surface area contributed by atoms with E-state index in [1.165, 1.54) is 6.07 Å². The molecule has 100 valence electrons. The summed E-state index contributed by atoms with van der Waals surface area (Å²) in [6.07, 6.45) is 3.07. The highest BCUT2D eigenvalue weighted by molar-refractivity contribution is 7.98. The van der Waals surface area contributed by atoms with Crippen molar-refractivity contribution in [2.45, 2.75) is 19.4 Å². The van der Waals surface area contributed by atoms with Gasteiger partial charge in [-0.1, -0.05) is 11.6 Å². The number of anilines is 1. The minimum Gasteiger partial charge on any atom is -0.478 e. The molecule has 6 heteroatoms. The van der Waals surface area contributed by atoms with E-state index in [0.29, 0.717) is 5.82 Å². The molecule has 18 heavy (non-hydrogen) atoms. The molecule has 1 aromatic rings. The lowest BCUT2D eigenvalue weighted by Crippen LogP contribution is -2.30. The van der Waals surface area contributed by atoms with E-state index in [1.54, 1.807) is 17.8 Å². The second kappa shape index (κ2) is 6.85. The van der Waals surface area contributed by atoms with Crippen LogP contribution in [0.3, 0.4) is 0 Å². The number of hydrogen-bond acceptors (Lipinski definition) is 4. The zero-order valence-electron chi connectivity index (χ0n) is 10.7. The van der Waals surface area contributed by atoms with Gasteiger partial charge in [0.05, 0.1) is 5.56 Å². The Balaban J connectivity index is 2.91. The van der Waals surface area contributed by atoms with E-state index < -0.39 is 5.97 Å². The number of hydrogen-bond donors (Lipinski definition) is 1. The molecule has 0 radical (unpaired) electrons. The summed E-state index contributed by atoms with van der Waals surface area (Å²) in [6.45, 7) is 2.08. The second-order valence-corrected chi connectivity index (χ2v) is 5.46. The van der Waals surface area contributed by atoms with E-state index in [9.17, 15) is 4.79 Å². The lowest BCUT2D eigenvalue weighted by atomic mass is 10.2. The summed E-state index contributed by atoms with van der Waals surface area (Å²) >= 11 is 7.63. The molecular formula is C12H17ClN2O2S. The lowest BCUT2D eigenvalue weighted by Gasteiger charge is -2.26. The van der Waals surface area contributed by atoms with Crippen LogP contribution in [0.4, 0.5) is 5.82 Å². The Morgan fingerprint density at radius 3 is 2.83 bits per heavy atom. The van der Waals surface area contributed by atoms with Gasteiger partial charge in [0, 0.05) is 13.1 Å². The van der Waals surface area contributed by atoms with Crippen molar-refractivity contribution in [3.63, 3.8) is 0 Å². The van der Waals surface area contributed by atoms with E-state index in [2.05, 4.69) is 18.2 Å². The molecular weight excluding hydrogens is 272 g/mol. The molecule has 0 aliphatic rings. The van der Waals surface area contributed by atoms with Crippen molar-refractivity contribution in [2.24, 2.45) is 0 Å². The minimum absolute atomic E-state index is 0.161. The number of halogens is 1. The molecule has 1 N–H and O–H groups in total. The average Bonchev–Trinajstić information content (AvgIpc) is 2.34. The molecule has 1 unspecified atom stereocenters. The van der Waals surface area contributed by atoms with Gasteiger partial charge in [-0.25, -0.2) is 9.78 Å². The first-order valence-electron chi connectivity index (χ1n) is 5.58. The van der Waals surface area contributed by atoms with Crippen LogP contribution in [0, 0.1) is 0 Å². The molecule has 0 saturated carbocycles. The van der Waals surface area contributed by atoms with Gasteiger partial charge >= 0.3 is 5.97 Å². The van der Waals surface area contributed by atoms with Gasteiger partial charge in [-0.2, -0.15) is 11.8 Å². The van der Waals surface area contributed by atoms with Crippen LogP contribution in [0.15, 0.2) is 12.1 Å². The van der Waals surface area contributed by atoms with E-state index in [0.717, 1.165) is 12.2 Å².